The maximum atomic E-state index is 11.8. The van der Waals surface area contributed by atoms with Crippen molar-refractivity contribution < 1.29 is 14.6 Å². The molecule has 3 heterocycles. The van der Waals surface area contributed by atoms with Crippen LogP contribution in [0.25, 0.3) is 11.4 Å². The molecule has 0 aliphatic carbocycles. The molecule has 0 saturated carbocycles. The minimum absolute atomic E-state index is 0.158. The second kappa shape index (κ2) is 7.13. The van der Waals surface area contributed by atoms with Crippen LogP contribution >= 0.6 is 0 Å². The molecule has 2 aliphatic rings. The molecule has 0 bridgehead atoms. The fourth-order valence-electron chi connectivity index (χ4n) is 4.25. The van der Waals surface area contributed by atoms with Crippen molar-refractivity contribution in [3.05, 3.63) is 48.3 Å². The van der Waals surface area contributed by atoms with Gasteiger partial charge in [0.05, 0.1) is 5.92 Å². The van der Waals surface area contributed by atoms with Crippen LogP contribution in [0.4, 0.5) is 0 Å². The van der Waals surface area contributed by atoms with Crippen LogP contribution < -0.4 is 0 Å². The Bertz CT molecular complexity index is 758. The van der Waals surface area contributed by atoms with E-state index in [1.807, 2.05) is 42.7 Å². The first-order chi connectivity index (χ1) is 12.7. The Morgan fingerprint density at radius 1 is 1.19 bits per heavy atom. The molecule has 1 aromatic carbocycles. The van der Waals surface area contributed by atoms with E-state index in [-0.39, 0.29) is 11.3 Å². The number of hydrogen-bond donors (Lipinski definition) is 1. The van der Waals surface area contributed by atoms with Crippen LogP contribution in [0.5, 0.6) is 0 Å². The first-order valence-corrected chi connectivity index (χ1v) is 9.06. The van der Waals surface area contributed by atoms with E-state index in [0.717, 1.165) is 30.5 Å². The summed E-state index contributed by atoms with van der Waals surface area (Å²) in [5.74, 6) is -0.305. The highest BCUT2D eigenvalue weighted by Crippen LogP contribution is 2.44. The van der Waals surface area contributed by atoms with Crippen LogP contribution in [-0.2, 0) is 16.1 Å². The van der Waals surface area contributed by atoms with Gasteiger partial charge in [-0.2, -0.15) is 0 Å². The second-order valence-electron chi connectivity index (χ2n) is 7.32. The molecule has 4 rings (SSSR count). The summed E-state index contributed by atoms with van der Waals surface area (Å²) in [5, 5.41) is 9.68. The topological polar surface area (TPSA) is 75.5 Å². The minimum Gasteiger partial charge on any atom is -0.481 e. The third-order valence-electron chi connectivity index (χ3n) is 5.65. The summed E-state index contributed by atoms with van der Waals surface area (Å²) < 4.78 is 5.46. The zero-order chi connectivity index (χ0) is 18.0. The summed E-state index contributed by atoms with van der Waals surface area (Å²) in [6.07, 6.45) is 5.34. The normalized spacial score (nSPS) is 22.5. The van der Waals surface area contributed by atoms with Gasteiger partial charge in [-0.3, -0.25) is 9.69 Å². The zero-order valence-corrected chi connectivity index (χ0v) is 14.7. The SMILES string of the molecule is O=C(O)C1CN(Cc2cnc(-c3ccccc3)nc2)CC12CCOCC2. The van der Waals surface area contributed by atoms with Crippen molar-refractivity contribution >= 4 is 5.97 Å². The molecule has 1 spiro atoms. The molecular weight excluding hydrogens is 330 g/mol. The van der Waals surface area contributed by atoms with Crippen LogP contribution in [0.15, 0.2) is 42.7 Å². The van der Waals surface area contributed by atoms with Gasteiger partial charge in [-0.15, -0.1) is 0 Å². The predicted molar refractivity (Wildman–Crippen MR) is 96.4 cm³/mol. The lowest BCUT2D eigenvalue weighted by atomic mass is 9.72. The monoisotopic (exact) mass is 353 g/mol. The van der Waals surface area contributed by atoms with Gasteiger partial charge in [0.25, 0.3) is 0 Å². The van der Waals surface area contributed by atoms with E-state index in [1.54, 1.807) is 0 Å². The van der Waals surface area contributed by atoms with Crippen molar-refractivity contribution in [3.63, 3.8) is 0 Å². The number of nitrogens with zero attached hydrogens (tertiary/aromatic N) is 3. The van der Waals surface area contributed by atoms with E-state index in [1.165, 1.54) is 0 Å². The molecule has 6 heteroatoms. The van der Waals surface area contributed by atoms with Gasteiger partial charge in [0.1, 0.15) is 0 Å². The smallest absolute Gasteiger partial charge is 0.308 e. The van der Waals surface area contributed by atoms with Gasteiger partial charge in [0.15, 0.2) is 5.82 Å². The summed E-state index contributed by atoms with van der Waals surface area (Å²) in [4.78, 5) is 23.0. The van der Waals surface area contributed by atoms with Gasteiger partial charge in [-0.25, -0.2) is 9.97 Å². The third kappa shape index (κ3) is 3.34. The number of ether oxygens (including phenoxy) is 1. The van der Waals surface area contributed by atoms with Crippen LogP contribution in [0.3, 0.4) is 0 Å². The third-order valence-corrected chi connectivity index (χ3v) is 5.65. The Labute approximate surface area is 152 Å². The molecule has 2 saturated heterocycles. The number of benzene rings is 1. The summed E-state index contributed by atoms with van der Waals surface area (Å²) in [5.41, 5.74) is 1.85. The van der Waals surface area contributed by atoms with Gasteiger partial charge < -0.3 is 9.84 Å². The number of carboxylic acid groups (broad SMARTS) is 1. The molecule has 136 valence electrons. The molecular formula is C20H23N3O3. The average Bonchev–Trinajstić information content (AvgIpc) is 3.01. The number of aromatic nitrogens is 2. The minimum atomic E-state index is -0.690. The molecule has 1 atom stereocenters. The van der Waals surface area contributed by atoms with Gasteiger partial charge >= 0.3 is 5.97 Å². The first-order valence-electron chi connectivity index (χ1n) is 9.06. The van der Waals surface area contributed by atoms with Crippen LogP contribution in [0, 0.1) is 11.3 Å². The van der Waals surface area contributed by atoms with Crippen LogP contribution in [0.2, 0.25) is 0 Å². The van der Waals surface area contributed by atoms with Crippen molar-refractivity contribution in [1.82, 2.24) is 14.9 Å². The van der Waals surface area contributed by atoms with E-state index in [9.17, 15) is 9.90 Å². The molecule has 1 unspecified atom stereocenters. The van der Waals surface area contributed by atoms with Crippen LogP contribution in [0.1, 0.15) is 18.4 Å². The molecule has 0 amide bonds. The van der Waals surface area contributed by atoms with E-state index in [2.05, 4.69) is 14.9 Å². The Hall–Kier alpha value is -2.31. The number of rotatable bonds is 4. The molecule has 1 N–H and O–H groups in total. The molecule has 1 aromatic heterocycles. The molecule has 2 aromatic rings. The van der Waals surface area contributed by atoms with Gasteiger partial charge in [0, 0.05) is 61.8 Å². The number of aliphatic carboxylic acids is 1. The van der Waals surface area contributed by atoms with Gasteiger partial charge in [0.2, 0.25) is 0 Å². The highest BCUT2D eigenvalue weighted by atomic mass is 16.5. The molecule has 2 aliphatic heterocycles. The van der Waals surface area contributed by atoms with E-state index >= 15 is 0 Å². The maximum absolute atomic E-state index is 11.8. The highest BCUT2D eigenvalue weighted by Gasteiger charge is 2.50. The average molecular weight is 353 g/mol. The summed E-state index contributed by atoms with van der Waals surface area (Å²) in [7, 11) is 0. The quantitative estimate of drug-likeness (QED) is 0.910. The standard InChI is InChI=1S/C20H23N3O3/c24-19(25)17-13-23(14-20(17)6-8-26-9-7-20)12-15-10-21-18(22-11-15)16-4-2-1-3-5-16/h1-5,10-11,17H,6-9,12-14H2,(H,24,25). The van der Waals surface area contributed by atoms with E-state index < -0.39 is 5.97 Å². The van der Waals surface area contributed by atoms with Crippen molar-refractivity contribution in [2.24, 2.45) is 11.3 Å². The zero-order valence-electron chi connectivity index (χ0n) is 14.7. The fraction of sp³-hybridized carbons (Fsp3) is 0.450. The van der Waals surface area contributed by atoms with Crippen molar-refractivity contribution in [2.75, 3.05) is 26.3 Å². The number of likely N-dealkylation sites (tertiary alicyclic amines) is 1. The van der Waals surface area contributed by atoms with Gasteiger partial charge in [-0.1, -0.05) is 30.3 Å². The first kappa shape index (κ1) is 17.1. The molecule has 2 fully saturated rings. The van der Waals surface area contributed by atoms with Crippen molar-refractivity contribution in [2.45, 2.75) is 19.4 Å². The second-order valence-corrected chi connectivity index (χ2v) is 7.32. The Balaban J connectivity index is 1.46. The lowest BCUT2D eigenvalue weighted by Gasteiger charge is -2.36. The van der Waals surface area contributed by atoms with E-state index in [0.29, 0.717) is 32.1 Å². The summed E-state index contributed by atoms with van der Waals surface area (Å²) >= 11 is 0. The lowest BCUT2D eigenvalue weighted by Crippen LogP contribution is -2.40. The lowest BCUT2D eigenvalue weighted by molar-refractivity contribution is -0.147. The molecule has 0 radical (unpaired) electrons. The van der Waals surface area contributed by atoms with Crippen molar-refractivity contribution in [1.29, 1.82) is 0 Å². The van der Waals surface area contributed by atoms with Crippen molar-refractivity contribution in [3.8, 4) is 11.4 Å². The number of hydrogen-bond acceptors (Lipinski definition) is 5. The summed E-state index contributed by atoms with van der Waals surface area (Å²) in [6, 6.07) is 9.88. The number of carbonyl (C=O) groups is 1. The Morgan fingerprint density at radius 2 is 1.88 bits per heavy atom. The number of carboxylic acids is 1. The Morgan fingerprint density at radius 3 is 2.54 bits per heavy atom. The fourth-order valence-corrected chi connectivity index (χ4v) is 4.25. The van der Waals surface area contributed by atoms with E-state index in [4.69, 9.17) is 4.74 Å². The largest absolute Gasteiger partial charge is 0.481 e. The summed E-state index contributed by atoms with van der Waals surface area (Å²) in [6.45, 7) is 3.38. The maximum Gasteiger partial charge on any atom is 0.308 e. The highest BCUT2D eigenvalue weighted by molar-refractivity contribution is 5.72. The molecule has 26 heavy (non-hydrogen) atoms. The molecule has 6 nitrogen and oxygen atoms in total. The van der Waals surface area contributed by atoms with Gasteiger partial charge in [-0.05, 0) is 12.8 Å². The Kier molecular flexibility index (Phi) is 4.70. The van der Waals surface area contributed by atoms with Crippen LogP contribution in [-0.4, -0.2) is 52.2 Å². The predicted octanol–water partition coefficient (Wildman–Crippen LogP) is 2.46.